The van der Waals surface area contributed by atoms with Crippen molar-refractivity contribution in [2.75, 3.05) is 12.9 Å². The first-order chi connectivity index (χ1) is 15.1. The maximum absolute atomic E-state index is 12.6. The number of hydrogen-bond acceptors (Lipinski definition) is 5. The number of methoxy groups -OCH3 is 1. The summed E-state index contributed by atoms with van der Waals surface area (Å²) >= 11 is 1.41. The van der Waals surface area contributed by atoms with E-state index in [9.17, 15) is 4.79 Å². The average Bonchev–Trinajstić information content (AvgIpc) is 3.24. The van der Waals surface area contributed by atoms with Gasteiger partial charge in [-0.15, -0.1) is 10.2 Å². The van der Waals surface area contributed by atoms with Crippen molar-refractivity contribution in [1.29, 1.82) is 0 Å². The van der Waals surface area contributed by atoms with Gasteiger partial charge in [-0.25, -0.2) is 0 Å². The van der Waals surface area contributed by atoms with Gasteiger partial charge in [-0.3, -0.25) is 9.36 Å². The Morgan fingerprint density at radius 2 is 1.77 bits per heavy atom. The molecule has 31 heavy (non-hydrogen) atoms. The molecule has 0 spiro atoms. The van der Waals surface area contributed by atoms with Crippen LogP contribution in [-0.4, -0.2) is 39.6 Å². The SMILES string of the molecule is COc1ccc(-c2nnc(SCC(=O)NC3CCC(C)CC3)n2-c2ccccc2)cc1. The largest absolute Gasteiger partial charge is 0.497 e. The fourth-order valence-corrected chi connectivity index (χ4v) is 4.67. The number of nitrogens with one attached hydrogen (secondary N) is 1. The summed E-state index contributed by atoms with van der Waals surface area (Å²) in [5.74, 6) is 2.66. The maximum Gasteiger partial charge on any atom is 0.230 e. The summed E-state index contributed by atoms with van der Waals surface area (Å²) in [6.45, 7) is 2.28. The van der Waals surface area contributed by atoms with Gasteiger partial charge in [0.25, 0.3) is 0 Å². The van der Waals surface area contributed by atoms with E-state index in [-0.39, 0.29) is 5.91 Å². The second kappa shape index (κ2) is 10.0. The van der Waals surface area contributed by atoms with Crippen LogP contribution in [0.25, 0.3) is 17.1 Å². The molecule has 1 aromatic heterocycles. The van der Waals surface area contributed by atoms with Crippen molar-refractivity contribution in [2.45, 2.75) is 43.8 Å². The zero-order valence-electron chi connectivity index (χ0n) is 18.0. The second-order valence-electron chi connectivity index (χ2n) is 8.02. The molecule has 1 fully saturated rings. The van der Waals surface area contributed by atoms with E-state index >= 15 is 0 Å². The predicted octanol–water partition coefficient (Wildman–Crippen LogP) is 4.73. The number of hydrogen-bond donors (Lipinski definition) is 1. The fourth-order valence-electron chi connectivity index (χ4n) is 3.90. The van der Waals surface area contributed by atoms with E-state index in [1.54, 1.807) is 7.11 Å². The third-order valence-corrected chi connectivity index (χ3v) is 6.64. The minimum absolute atomic E-state index is 0.0539. The third-order valence-electron chi connectivity index (χ3n) is 5.71. The number of thioether (sulfide) groups is 1. The molecule has 6 nitrogen and oxygen atoms in total. The normalized spacial score (nSPS) is 18.5. The summed E-state index contributed by atoms with van der Waals surface area (Å²) in [5, 5.41) is 12.7. The van der Waals surface area contributed by atoms with Crippen molar-refractivity contribution in [1.82, 2.24) is 20.1 Å². The first-order valence-corrected chi connectivity index (χ1v) is 11.7. The number of carbonyl (C=O) groups excluding carboxylic acids is 1. The Labute approximate surface area is 187 Å². The Morgan fingerprint density at radius 1 is 1.06 bits per heavy atom. The molecule has 0 bridgehead atoms. The van der Waals surface area contributed by atoms with E-state index in [1.807, 2.05) is 59.2 Å². The molecule has 1 saturated carbocycles. The van der Waals surface area contributed by atoms with Gasteiger partial charge < -0.3 is 10.1 Å². The Morgan fingerprint density at radius 3 is 2.45 bits per heavy atom. The lowest BCUT2D eigenvalue weighted by Gasteiger charge is -2.26. The number of benzene rings is 2. The lowest BCUT2D eigenvalue weighted by Crippen LogP contribution is -2.38. The van der Waals surface area contributed by atoms with Gasteiger partial charge in [-0.2, -0.15) is 0 Å². The van der Waals surface area contributed by atoms with Gasteiger partial charge in [-0.1, -0.05) is 36.9 Å². The minimum atomic E-state index is 0.0539. The standard InChI is InChI=1S/C24H28N4O2S/c1-17-8-12-19(13-9-17)25-22(29)16-31-24-27-26-23(18-10-14-21(30-2)15-11-18)28(24)20-6-4-3-5-7-20/h3-7,10-11,14-15,17,19H,8-9,12-13,16H2,1-2H3,(H,25,29). The van der Waals surface area contributed by atoms with Gasteiger partial charge in [0.05, 0.1) is 12.9 Å². The molecular weight excluding hydrogens is 408 g/mol. The van der Waals surface area contributed by atoms with Gasteiger partial charge in [-0.05, 0) is 68.0 Å². The van der Waals surface area contributed by atoms with E-state index in [4.69, 9.17) is 4.74 Å². The highest BCUT2D eigenvalue weighted by Crippen LogP contribution is 2.29. The molecule has 3 aromatic rings. The highest BCUT2D eigenvalue weighted by atomic mass is 32.2. The van der Waals surface area contributed by atoms with Crippen molar-refractivity contribution < 1.29 is 9.53 Å². The molecule has 7 heteroatoms. The van der Waals surface area contributed by atoms with E-state index < -0.39 is 0 Å². The van der Waals surface area contributed by atoms with E-state index in [1.165, 1.54) is 24.6 Å². The minimum Gasteiger partial charge on any atom is -0.497 e. The summed E-state index contributed by atoms with van der Waals surface area (Å²) in [5.41, 5.74) is 1.90. The van der Waals surface area contributed by atoms with E-state index in [0.717, 1.165) is 41.6 Å². The van der Waals surface area contributed by atoms with Gasteiger partial charge in [0.15, 0.2) is 11.0 Å². The number of ether oxygens (including phenoxy) is 1. The molecule has 0 saturated heterocycles. The Hall–Kier alpha value is -2.80. The number of aromatic nitrogens is 3. The van der Waals surface area contributed by atoms with Crippen molar-refractivity contribution in [2.24, 2.45) is 5.92 Å². The van der Waals surface area contributed by atoms with Crippen LogP contribution < -0.4 is 10.1 Å². The van der Waals surface area contributed by atoms with Crippen LogP contribution in [0.1, 0.15) is 32.6 Å². The zero-order chi connectivity index (χ0) is 21.6. The molecule has 1 aliphatic rings. The number of rotatable bonds is 7. The first kappa shape index (κ1) is 21.4. The molecular formula is C24H28N4O2S. The predicted molar refractivity (Wildman–Crippen MR) is 124 cm³/mol. The van der Waals surface area contributed by atoms with Gasteiger partial charge in [0.2, 0.25) is 5.91 Å². The average molecular weight is 437 g/mol. The molecule has 1 aliphatic carbocycles. The van der Waals surface area contributed by atoms with E-state index in [2.05, 4.69) is 22.4 Å². The van der Waals surface area contributed by atoms with Crippen LogP contribution in [0.4, 0.5) is 0 Å². The fraction of sp³-hybridized carbons (Fsp3) is 0.375. The summed E-state index contributed by atoms with van der Waals surface area (Å²) in [7, 11) is 1.65. The Bertz CT molecular complexity index is 996. The number of amides is 1. The molecule has 0 radical (unpaired) electrons. The molecule has 1 heterocycles. The molecule has 0 aliphatic heterocycles. The highest BCUT2D eigenvalue weighted by Gasteiger charge is 2.21. The summed E-state index contributed by atoms with van der Waals surface area (Å²) < 4.78 is 7.27. The molecule has 1 N–H and O–H groups in total. The Balaban J connectivity index is 1.52. The summed E-state index contributed by atoms with van der Waals surface area (Å²) in [4.78, 5) is 12.6. The van der Waals surface area contributed by atoms with Gasteiger partial charge in [0, 0.05) is 17.3 Å². The first-order valence-electron chi connectivity index (χ1n) is 10.7. The van der Waals surface area contributed by atoms with Crippen LogP contribution in [0.15, 0.2) is 59.8 Å². The smallest absolute Gasteiger partial charge is 0.230 e. The number of carbonyl (C=O) groups is 1. The summed E-state index contributed by atoms with van der Waals surface area (Å²) in [6, 6.07) is 18.0. The van der Waals surface area contributed by atoms with Crippen LogP contribution in [0.3, 0.4) is 0 Å². The van der Waals surface area contributed by atoms with Crippen LogP contribution in [0.2, 0.25) is 0 Å². The van der Waals surface area contributed by atoms with Crippen molar-refractivity contribution >= 4 is 17.7 Å². The molecule has 162 valence electrons. The number of para-hydroxylation sites is 1. The van der Waals surface area contributed by atoms with Gasteiger partial charge in [0.1, 0.15) is 5.75 Å². The van der Waals surface area contributed by atoms with Crippen molar-refractivity contribution in [3.05, 3.63) is 54.6 Å². The topological polar surface area (TPSA) is 69.0 Å². The lowest BCUT2D eigenvalue weighted by molar-refractivity contribution is -0.119. The van der Waals surface area contributed by atoms with Crippen LogP contribution in [0, 0.1) is 5.92 Å². The van der Waals surface area contributed by atoms with Crippen LogP contribution >= 0.6 is 11.8 Å². The van der Waals surface area contributed by atoms with Gasteiger partial charge >= 0.3 is 0 Å². The van der Waals surface area contributed by atoms with Crippen LogP contribution in [-0.2, 0) is 4.79 Å². The Kier molecular flexibility index (Phi) is 6.92. The van der Waals surface area contributed by atoms with Crippen molar-refractivity contribution in [3.63, 3.8) is 0 Å². The molecule has 0 atom stereocenters. The van der Waals surface area contributed by atoms with Crippen molar-refractivity contribution in [3.8, 4) is 22.8 Å². The monoisotopic (exact) mass is 436 g/mol. The summed E-state index contributed by atoms with van der Waals surface area (Å²) in [6.07, 6.45) is 4.51. The lowest BCUT2D eigenvalue weighted by atomic mass is 9.87. The molecule has 0 unspecified atom stereocenters. The molecule has 2 aromatic carbocycles. The second-order valence-corrected chi connectivity index (χ2v) is 8.96. The third kappa shape index (κ3) is 5.28. The quantitative estimate of drug-likeness (QED) is 0.542. The van der Waals surface area contributed by atoms with Crippen LogP contribution in [0.5, 0.6) is 5.75 Å². The highest BCUT2D eigenvalue weighted by molar-refractivity contribution is 7.99. The molecule has 1 amide bonds. The maximum atomic E-state index is 12.6. The molecule has 4 rings (SSSR count). The number of nitrogens with zero attached hydrogens (tertiary/aromatic N) is 3. The van der Waals surface area contributed by atoms with E-state index in [0.29, 0.717) is 17.0 Å². The zero-order valence-corrected chi connectivity index (χ0v) is 18.8.